The monoisotopic (exact) mass is 343 g/mol. The third-order valence-corrected chi connectivity index (χ3v) is 5.66. The summed E-state index contributed by atoms with van der Waals surface area (Å²) >= 11 is 0. The fourth-order valence-corrected chi connectivity index (χ4v) is 4.22. The molecule has 2 aromatic carbocycles. The molecule has 5 rings (SSSR count). The molecule has 1 atom stereocenters. The first-order valence-corrected chi connectivity index (χ1v) is 8.70. The zero-order valence-corrected chi connectivity index (χ0v) is 14.1. The van der Waals surface area contributed by atoms with E-state index in [-0.39, 0.29) is 5.91 Å². The lowest BCUT2D eigenvalue weighted by Gasteiger charge is -2.33. The van der Waals surface area contributed by atoms with Crippen LogP contribution < -0.4 is 5.32 Å². The molecule has 1 amide bonds. The van der Waals surface area contributed by atoms with Crippen molar-refractivity contribution in [3.8, 4) is 17.3 Å². The first kappa shape index (κ1) is 15.0. The third-order valence-electron chi connectivity index (χ3n) is 5.66. The number of benzene rings is 2. The highest BCUT2D eigenvalue weighted by Gasteiger charge is 2.47. The number of nitriles is 1. The van der Waals surface area contributed by atoms with Crippen LogP contribution in [0.15, 0.2) is 42.6 Å². The molecule has 0 radical (unpaired) electrons. The molecule has 2 aliphatic heterocycles. The fraction of sp³-hybridized carbons (Fsp3) is 0.250. The number of carbonyl (C=O) groups excluding carboxylic acids is 1. The van der Waals surface area contributed by atoms with E-state index < -0.39 is 5.41 Å². The molecule has 2 aliphatic rings. The molecule has 0 bridgehead atoms. The number of anilines is 1. The Labute approximate surface area is 150 Å². The molecule has 1 saturated heterocycles. The number of rotatable bonds is 1. The molecular weight excluding hydrogens is 326 g/mol. The molecule has 1 fully saturated rings. The Kier molecular flexibility index (Phi) is 3.07. The second-order valence-corrected chi connectivity index (χ2v) is 7.19. The van der Waals surface area contributed by atoms with Crippen LogP contribution in [0.5, 0.6) is 0 Å². The molecule has 0 aliphatic carbocycles. The molecule has 128 valence electrons. The van der Waals surface area contributed by atoms with Gasteiger partial charge in [-0.3, -0.25) is 9.89 Å². The van der Waals surface area contributed by atoms with Gasteiger partial charge in [-0.25, -0.2) is 0 Å². The minimum absolute atomic E-state index is 0.0291. The van der Waals surface area contributed by atoms with Crippen molar-refractivity contribution in [1.82, 2.24) is 15.1 Å². The zero-order chi connectivity index (χ0) is 17.7. The maximum Gasteiger partial charge on any atom is 0.232 e. The van der Waals surface area contributed by atoms with Gasteiger partial charge in [0.2, 0.25) is 5.91 Å². The highest BCUT2D eigenvalue weighted by Crippen LogP contribution is 2.42. The topological polar surface area (TPSA) is 84.8 Å². The molecule has 6 heteroatoms. The van der Waals surface area contributed by atoms with Gasteiger partial charge in [0.15, 0.2) is 6.19 Å². The second-order valence-electron chi connectivity index (χ2n) is 7.19. The van der Waals surface area contributed by atoms with E-state index in [0.717, 1.165) is 39.7 Å². The number of fused-ring (bicyclic) bond motifs is 2. The van der Waals surface area contributed by atoms with Crippen LogP contribution in [0.2, 0.25) is 0 Å². The van der Waals surface area contributed by atoms with E-state index in [9.17, 15) is 4.79 Å². The van der Waals surface area contributed by atoms with Gasteiger partial charge in [-0.1, -0.05) is 24.3 Å². The fourth-order valence-electron chi connectivity index (χ4n) is 4.22. The van der Waals surface area contributed by atoms with Gasteiger partial charge < -0.3 is 10.2 Å². The summed E-state index contributed by atoms with van der Waals surface area (Å²) in [4.78, 5) is 14.5. The normalized spacial score (nSPS) is 21.7. The van der Waals surface area contributed by atoms with Gasteiger partial charge in [0, 0.05) is 24.2 Å². The number of amides is 1. The number of nitrogens with zero attached hydrogens (tertiary/aromatic N) is 3. The van der Waals surface area contributed by atoms with Crippen LogP contribution in [0, 0.1) is 16.9 Å². The molecule has 26 heavy (non-hydrogen) atoms. The Hall–Kier alpha value is -3.33. The van der Waals surface area contributed by atoms with E-state index in [2.05, 4.69) is 39.9 Å². The van der Waals surface area contributed by atoms with Gasteiger partial charge in [0.25, 0.3) is 0 Å². The van der Waals surface area contributed by atoms with E-state index in [1.54, 1.807) is 4.90 Å². The summed E-state index contributed by atoms with van der Waals surface area (Å²) in [6.45, 7) is 1.16. The SMILES string of the molecule is N#CN1CC[C@]2(Cc3ccc(-c4cccc5[nH]ncc45)cc3NC2=O)C1. The number of aromatic amines is 1. The van der Waals surface area contributed by atoms with Crippen LogP contribution in [-0.2, 0) is 11.2 Å². The van der Waals surface area contributed by atoms with E-state index in [1.165, 1.54) is 0 Å². The van der Waals surface area contributed by atoms with Crippen LogP contribution in [-0.4, -0.2) is 34.1 Å². The van der Waals surface area contributed by atoms with Crippen LogP contribution in [0.3, 0.4) is 0 Å². The summed E-state index contributed by atoms with van der Waals surface area (Å²) in [6.07, 6.45) is 5.40. The van der Waals surface area contributed by atoms with E-state index in [0.29, 0.717) is 19.5 Å². The molecule has 0 saturated carbocycles. The molecule has 3 aromatic rings. The van der Waals surface area contributed by atoms with E-state index >= 15 is 0 Å². The third kappa shape index (κ3) is 2.10. The summed E-state index contributed by atoms with van der Waals surface area (Å²) in [6, 6.07) is 12.3. The molecule has 0 unspecified atom stereocenters. The zero-order valence-electron chi connectivity index (χ0n) is 14.1. The average Bonchev–Trinajstić information content (AvgIpc) is 3.29. The van der Waals surface area contributed by atoms with Crippen molar-refractivity contribution in [3.63, 3.8) is 0 Å². The molecule has 2 N–H and O–H groups in total. The lowest BCUT2D eigenvalue weighted by molar-refractivity contribution is -0.125. The van der Waals surface area contributed by atoms with Gasteiger partial charge in [-0.15, -0.1) is 0 Å². The Bertz CT molecular complexity index is 1080. The second kappa shape index (κ2) is 5.33. The van der Waals surface area contributed by atoms with Crippen molar-refractivity contribution in [2.75, 3.05) is 18.4 Å². The number of H-pyrrole nitrogens is 1. The van der Waals surface area contributed by atoms with Crippen molar-refractivity contribution in [1.29, 1.82) is 5.26 Å². The Morgan fingerprint density at radius 2 is 2.19 bits per heavy atom. The number of hydrogen-bond acceptors (Lipinski definition) is 4. The summed E-state index contributed by atoms with van der Waals surface area (Å²) in [5.41, 5.74) is 4.66. The number of aromatic nitrogens is 2. The van der Waals surface area contributed by atoms with Gasteiger partial charge in [-0.05, 0) is 41.7 Å². The minimum Gasteiger partial charge on any atom is -0.325 e. The van der Waals surface area contributed by atoms with Crippen molar-refractivity contribution in [2.24, 2.45) is 5.41 Å². The summed E-state index contributed by atoms with van der Waals surface area (Å²) < 4.78 is 0. The highest BCUT2D eigenvalue weighted by atomic mass is 16.2. The first-order valence-electron chi connectivity index (χ1n) is 8.70. The minimum atomic E-state index is -0.477. The molecular formula is C20H17N5O. The number of hydrogen-bond donors (Lipinski definition) is 2. The van der Waals surface area contributed by atoms with Gasteiger partial charge in [0.1, 0.15) is 0 Å². The van der Waals surface area contributed by atoms with Crippen molar-refractivity contribution < 1.29 is 4.79 Å². The van der Waals surface area contributed by atoms with Gasteiger partial charge in [-0.2, -0.15) is 10.4 Å². The maximum absolute atomic E-state index is 12.8. The largest absolute Gasteiger partial charge is 0.325 e. The maximum atomic E-state index is 12.8. The highest BCUT2D eigenvalue weighted by molar-refractivity contribution is 6.01. The van der Waals surface area contributed by atoms with Crippen molar-refractivity contribution in [2.45, 2.75) is 12.8 Å². The van der Waals surface area contributed by atoms with Crippen LogP contribution in [0.1, 0.15) is 12.0 Å². The molecule has 3 heterocycles. The summed E-state index contributed by atoms with van der Waals surface area (Å²) in [5, 5.41) is 20.4. The number of nitrogens with one attached hydrogen (secondary N) is 2. The Balaban J connectivity index is 1.54. The van der Waals surface area contributed by atoms with Crippen molar-refractivity contribution >= 4 is 22.5 Å². The lowest BCUT2D eigenvalue weighted by Crippen LogP contribution is -2.43. The van der Waals surface area contributed by atoms with Gasteiger partial charge >= 0.3 is 0 Å². The molecule has 1 aromatic heterocycles. The van der Waals surface area contributed by atoms with Crippen LogP contribution >= 0.6 is 0 Å². The van der Waals surface area contributed by atoms with Crippen LogP contribution in [0.4, 0.5) is 5.69 Å². The number of likely N-dealkylation sites (tertiary alicyclic amines) is 1. The average molecular weight is 343 g/mol. The summed E-state index contributed by atoms with van der Waals surface area (Å²) in [5.74, 6) is 0.0291. The van der Waals surface area contributed by atoms with Crippen LogP contribution in [0.25, 0.3) is 22.0 Å². The molecule has 1 spiro atoms. The Morgan fingerprint density at radius 3 is 3.04 bits per heavy atom. The summed E-state index contributed by atoms with van der Waals surface area (Å²) in [7, 11) is 0. The first-order chi connectivity index (χ1) is 12.7. The molecule has 6 nitrogen and oxygen atoms in total. The lowest BCUT2D eigenvalue weighted by atomic mass is 9.76. The Morgan fingerprint density at radius 1 is 1.27 bits per heavy atom. The van der Waals surface area contributed by atoms with E-state index in [4.69, 9.17) is 5.26 Å². The van der Waals surface area contributed by atoms with Crippen molar-refractivity contribution in [3.05, 3.63) is 48.2 Å². The van der Waals surface area contributed by atoms with E-state index in [1.807, 2.05) is 24.4 Å². The smallest absolute Gasteiger partial charge is 0.232 e. The van der Waals surface area contributed by atoms with Gasteiger partial charge in [0.05, 0.1) is 17.1 Å². The predicted octanol–water partition coefficient (Wildman–Crippen LogP) is 2.90. The quantitative estimate of drug-likeness (QED) is 0.665. The predicted molar refractivity (Wildman–Crippen MR) is 98.1 cm³/mol. The number of carbonyl (C=O) groups is 1. The standard InChI is InChI=1S/C20H17N5O/c21-12-25-7-6-20(11-25)9-14-5-4-13(8-18(14)23-19(20)26)15-2-1-3-17-16(15)10-22-24-17/h1-5,8,10H,6-7,9,11H2,(H,22,24)(H,23,26)/t20-/m0/s1.